The highest BCUT2D eigenvalue weighted by Gasteiger charge is 2.04. The first-order valence-corrected chi connectivity index (χ1v) is 8.17. The minimum Gasteiger partial charge on any atom is -0.469 e. The number of hydrogen-bond donors (Lipinski definition) is 0. The second kappa shape index (κ2) is 9.23. The second-order valence-electron chi connectivity index (χ2n) is 5.55. The van der Waals surface area contributed by atoms with Crippen LogP contribution in [0.25, 0.3) is 5.57 Å². The fourth-order valence-corrected chi connectivity index (χ4v) is 2.57. The summed E-state index contributed by atoms with van der Waals surface area (Å²) in [7, 11) is 0. The van der Waals surface area contributed by atoms with Gasteiger partial charge in [-0.2, -0.15) is 0 Å². The number of hydrogen-bond acceptors (Lipinski definition) is 1. The first kappa shape index (κ1) is 15.6. The van der Waals surface area contributed by atoms with E-state index in [4.69, 9.17) is 4.42 Å². The van der Waals surface area contributed by atoms with Crippen LogP contribution in [0.15, 0.2) is 59.2 Å². The van der Waals surface area contributed by atoms with Crippen LogP contribution < -0.4 is 0 Å². The van der Waals surface area contributed by atoms with Crippen molar-refractivity contribution in [2.45, 2.75) is 51.9 Å². The molecule has 0 aliphatic rings. The summed E-state index contributed by atoms with van der Waals surface area (Å²) in [4.78, 5) is 0. The molecule has 1 nitrogen and oxygen atoms in total. The van der Waals surface area contributed by atoms with Crippen molar-refractivity contribution in [1.82, 2.24) is 0 Å². The van der Waals surface area contributed by atoms with Crippen LogP contribution in [0.5, 0.6) is 0 Å². The average molecular weight is 282 g/mol. The van der Waals surface area contributed by atoms with Crippen molar-refractivity contribution in [3.05, 3.63) is 66.1 Å². The molecule has 0 fully saturated rings. The maximum atomic E-state index is 5.50. The normalized spacial score (nSPS) is 11.8. The summed E-state index contributed by atoms with van der Waals surface area (Å²) in [5.41, 5.74) is 2.68. The molecule has 0 radical (unpaired) electrons. The van der Waals surface area contributed by atoms with E-state index in [9.17, 15) is 0 Å². The largest absolute Gasteiger partial charge is 0.469 e. The van der Waals surface area contributed by atoms with E-state index in [1.54, 1.807) is 6.26 Å². The predicted octanol–water partition coefficient (Wildman–Crippen LogP) is 6.27. The van der Waals surface area contributed by atoms with Crippen molar-refractivity contribution in [2.24, 2.45) is 0 Å². The van der Waals surface area contributed by atoms with Gasteiger partial charge in [0.1, 0.15) is 5.76 Å². The smallest absolute Gasteiger partial charge is 0.108 e. The van der Waals surface area contributed by atoms with Crippen molar-refractivity contribution in [1.29, 1.82) is 0 Å². The molecule has 0 amide bonds. The van der Waals surface area contributed by atoms with Crippen LogP contribution >= 0.6 is 0 Å². The highest BCUT2D eigenvalue weighted by molar-refractivity contribution is 5.67. The molecule has 1 heteroatoms. The van der Waals surface area contributed by atoms with E-state index in [0.717, 1.165) is 18.6 Å². The van der Waals surface area contributed by atoms with Crippen LogP contribution in [0.2, 0.25) is 0 Å². The van der Waals surface area contributed by atoms with Crippen LogP contribution in [0.4, 0.5) is 0 Å². The average Bonchev–Trinajstić information content (AvgIpc) is 3.03. The molecule has 1 heterocycles. The third-order valence-electron chi connectivity index (χ3n) is 3.79. The van der Waals surface area contributed by atoms with E-state index >= 15 is 0 Å². The number of benzene rings is 1. The lowest BCUT2D eigenvalue weighted by Gasteiger charge is -2.07. The zero-order chi connectivity index (χ0) is 14.8. The number of furan rings is 1. The number of allylic oxidation sites excluding steroid dienone is 2. The molecule has 1 aromatic carbocycles. The first-order chi connectivity index (χ1) is 10.4. The van der Waals surface area contributed by atoms with Gasteiger partial charge in [-0.3, -0.25) is 0 Å². The topological polar surface area (TPSA) is 13.1 Å². The summed E-state index contributed by atoms with van der Waals surface area (Å²) in [6.45, 7) is 2.26. The molecule has 112 valence electrons. The molecule has 0 bridgehead atoms. The molecule has 0 spiro atoms. The van der Waals surface area contributed by atoms with Crippen molar-refractivity contribution >= 4 is 5.57 Å². The van der Waals surface area contributed by atoms with Gasteiger partial charge in [0.2, 0.25) is 0 Å². The van der Waals surface area contributed by atoms with E-state index < -0.39 is 0 Å². The lowest BCUT2D eigenvalue weighted by atomic mass is 9.99. The van der Waals surface area contributed by atoms with Crippen molar-refractivity contribution in [3.63, 3.8) is 0 Å². The van der Waals surface area contributed by atoms with Crippen molar-refractivity contribution in [2.75, 3.05) is 0 Å². The summed E-state index contributed by atoms with van der Waals surface area (Å²) >= 11 is 0. The molecule has 0 saturated carbocycles. The molecule has 1 aromatic heterocycles. The summed E-state index contributed by atoms with van der Waals surface area (Å²) in [5.74, 6) is 1.04. The number of unbranched alkanes of at least 4 members (excludes halogenated alkanes) is 5. The van der Waals surface area contributed by atoms with E-state index in [1.807, 2.05) is 6.07 Å². The van der Waals surface area contributed by atoms with Crippen LogP contribution in [0.3, 0.4) is 0 Å². The SMILES string of the molecule is CCCCCCC/C=C(\Cc1ccco1)c1ccccc1. The Morgan fingerprint density at radius 1 is 0.952 bits per heavy atom. The molecular formula is C20H26O. The molecule has 2 rings (SSSR count). The van der Waals surface area contributed by atoms with Gasteiger partial charge in [0.05, 0.1) is 6.26 Å². The van der Waals surface area contributed by atoms with Gasteiger partial charge in [0.15, 0.2) is 0 Å². The molecule has 21 heavy (non-hydrogen) atoms. The lowest BCUT2D eigenvalue weighted by molar-refractivity contribution is 0.524. The van der Waals surface area contributed by atoms with Crippen LogP contribution in [-0.4, -0.2) is 0 Å². The minimum absolute atomic E-state index is 0.881. The van der Waals surface area contributed by atoms with Gasteiger partial charge in [-0.25, -0.2) is 0 Å². The summed E-state index contributed by atoms with van der Waals surface area (Å²) < 4.78 is 5.50. The molecule has 0 aliphatic carbocycles. The summed E-state index contributed by atoms with van der Waals surface area (Å²) in [6.07, 6.45) is 12.9. The van der Waals surface area contributed by atoms with Gasteiger partial charge < -0.3 is 4.42 Å². The monoisotopic (exact) mass is 282 g/mol. The molecular weight excluding hydrogens is 256 g/mol. The molecule has 0 N–H and O–H groups in total. The molecule has 0 unspecified atom stereocenters. The Morgan fingerprint density at radius 2 is 1.76 bits per heavy atom. The van der Waals surface area contributed by atoms with E-state index in [0.29, 0.717) is 0 Å². The third kappa shape index (κ3) is 5.63. The third-order valence-corrected chi connectivity index (χ3v) is 3.79. The molecule has 0 saturated heterocycles. The summed E-state index contributed by atoms with van der Waals surface area (Å²) in [6, 6.07) is 14.7. The first-order valence-electron chi connectivity index (χ1n) is 8.17. The van der Waals surface area contributed by atoms with Crippen molar-refractivity contribution in [3.8, 4) is 0 Å². The Morgan fingerprint density at radius 3 is 2.48 bits per heavy atom. The molecule has 0 aliphatic heterocycles. The summed E-state index contributed by atoms with van der Waals surface area (Å²) in [5, 5.41) is 0. The molecule has 0 atom stereocenters. The lowest BCUT2D eigenvalue weighted by Crippen LogP contribution is -1.90. The highest BCUT2D eigenvalue weighted by atomic mass is 16.3. The Kier molecular flexibility index (Phi) is 6.87. The molecule has 2 aromatic rings. The van der Waals surface area contributed by atoms with Crippen LogP contribution in [0.1, 0.15) is 56.8 Å². The standard InChI is InChI=1S/C20H26O/c1-2-3-4-5-6-8-14-19(17-20-15-11-16-21-20)18-12-9-7-10-13-18/h7,9-16H,2-6,8,17H2,1H3/b19-14+. The van der Waals surface area contributed by atoms with Gasteiger partial charge >= 0.3 is 0 Å². The maximum Gasteiger partial charge on any atom is 0.108 e. The fourth-order valence-electron chi connectivity index (χ4n) is 2.57. The zero-order valence-corrected chi connectivity index (χ0v) is 13.1. The van der Waals surface area contributed by atoms with E-state index in [-0.39, 0.29) is 0 Å². The Bertz CT molecular complexity index is 508. The van der Waals surface area contributed by atoms with Gasteiger partial charge in [-0.1, -0.05) is 69.0 Å². The Hall–Kier alpha value is -1.76. The quantitative estimate of drug-likeness (QED) is 0.494. The zero-order valence-electron chi connectivity index (χ0n) is 13.1. The predicted molar refractivity (Wildman–Crippen MR) is 90.2 cm³/mol. The van der Waals surface area contributed by atoms with Gasteiger partial charge in [0, 0.05) is 6.42 Å². The van der Waals surface area contributed by atoms with Gasteiger partial charge in [0.25, 0.3) is 0 Å². The highest BCUT2D eigenvalue weighted by Crippen LogP contribution is 2.21. The van der Waals surface area contributed by atoms with Gasteiger partial charge in [-0.05, 0) is 36.1 Å². The second-order valence-corrected chi connectivity index (χ2v) is 5.55. The maximum absolute atomic E-state index is 5.50. The van der Waals surface area contributed by atoms with E-state index in [2.05, 4.69) is 49.4 Å². The number of rotatable bonds is 9. The van der Waals surface area contributed by atoms with Gasteiger partial charge in [-0.15, -0.1) is 0 Å². The van der Waals surface area contributed by atoms with E-state index in [1.165, 1.54) is 43.2 Å². The van der Waals surface area contributed by atoms with Crippen LogP contribution in [-0.2, 0) is 6.42 Å². The Labute approximate surface area is 128 Å². The minimum atomic E-state index is 0.881. The Balaban J connectivity index is 1.95. The van der Waals surface area contributed by atoms with Crippen LogP contribution in [0, 0.1) is 0 Å². The fraction of sp³-hybridized carbons (Fsp3) is 0.400. The van der Waals surface area contributed by atoms with Crippen molar-refractivity contribution < 1.29 is 4.42 Å².